The fourth-order valence-corrected chi connectivity index (χ4v) is 3.21. The van der Waals surface area contributed by atoms with E-state index in [0.717, 1.165) is 17.5 Å². The van der Waals surface area contributed by atoms with Gasteiger partial charge in [-0.05, 0) is 72.2 Å². The Balaban J connectivity index is 2.15. The number of nitrogens with zero attached hydrogens (tertiary/aromatic N) is 3. The lowest BCUT2D eigenvalue weighted by molar-refractivity contribution is 0.0554. The molecule has 32 heavy (non-hydrogen) atoms. The van der Waals surface area contributed by atoms with E-state index in [-0.39, 0.29) is 5.96 Å². The lowest BCUT2D eigenvalue weighted by Crippen LogP contribution is -2.54. The quantitative estimate of drug-likeness (QED) is 0.419. The standard InChI is InChI=1S/C23H34N4O5/c1-16-14-17(15-28)8-9-18(16)26-10-12-27(13-11-26)19(24-20(29)31-22(2,3)4)25-21(30)32-23(5,6)7/h8-9,14-15H,10-13H2,1-7H3,(H,24,25,29,30). The van der Waals surface area contributed by atoms with E-state index in [4.69, 9.17) is 9.47 Å². The van der Waals surface area contributed by atoms with E-state index in [1.807, 2.05) is 24.0 Å². The van der Waals surface area contributed by atoms with Crippen molar-refractivity contribution in [2.45, 2.75) is 59.7 Å². The number of aryl methyl sites for hydroxylation is 1. The van der Waals surface area contributed by atoms with Gasteiger partial charge in [0.2, 0.25) is 5.96 Å². The van der Waals surface area contributed by atoms with Crippen LogP contribution in [0.15, 0.2) is 23.2 Å². The maximum atomic E-state index is 12.3. The number of rotatable bonds is 2. The maximum Gasteiger partial charge on any atom is 0.437 e. The third-order valence-electron chi connectivity index (χ3n) is 4.48. The number of nitrogens with one attached hydrogen (secondary N) is 1. The van der Waals surface area contributed by atoms with Gasteiger partial charge < -0.3 is 19.3 Å². The van der Waals surface area contributed by atoms with Crippen LogP contribution in [-0.2, 0) is 9.47 Å². The molecular weight excluding hydrogens is 412 g/mol. The van der Waals surface area contributed by atoms with Crippen molar-refractivity contribution >= 4 is 30.1 Å². The van der Waals surface area contributed by atoms with Crippen molar-refractivity contribution in [1.82, 2.24) is 10.2 Å². The Morgan fingerprint density at radius 1 is 1.00 bits per heavy atom. The van der Waals surface area contributed by atoms with E-state index in [1.165, 1.54) is 0 Å². The average molecular weight is 447 g/mol. The van der Waals surface area contributed by atoms with Crippen LogP contribution in [0, 0.1) is 6.92 Å². The van der Waals surface area contributed by atoms with Crippen LogP contribution in [0.5, 0.6) is 0 Å². The second-order valence-corrected chi connectivity index (χ2v) is 9.68. The summed E-state index contributed by atoms with van der Waals surface area (Å²) < 4.78 is 10.6. The number of amides is 2. The van der Waals surface area contributed by atoms with E-state index in [0.29, 0.717) is 31.7 Å². The summed E-state index contributed by atoms with van der Waals surface area (Å²) in [4.78, 5) is 43.7. The van der Waals surface area contributed by atoms with Gasteiger partial charge in [0.1, 0.15) is 17.5 Å². The number of aldehydes is 1. The van der Waals surface area contributed by atoms with Gasteiger partial charge in [-0.2, -0.15) is 0 Å². The zero-order valence-electron chi connectivity index (χ0n) is 20.0. The van der Waals surface area contributed by atoms with Crippen LogP contribution in [0.3, 0.4) is 0 Å². The molecular formula is C23H34N4O5. The van der Waals surface area contributed by atoms with Crippen LogP contribution >= 0.6 is 0 Å². The molecule has 0 radical (unpaired) electrons. The summed E-state index contributed by atoms with van der Waals surface area (Å²) in [5, 5.41) is 2.60. The van der Waals surface area contributed by atoms with Crippen LogP contribution < -0.4 is 10.2 Å². The largest absolute Gasteiger partial charge is 0.444 e. The van der Waals surface area contributed by atoms with Crippen LogP contribution in [0.1, 0.15) is 57.5 Å². The van der Waals surface area contributed by atoms with E-state index in [9.17, 15) is 14.4 Å². The fraction of sp³-hybridized carbons (Fsp3) is 0.565. The van der Waals surface area contributed by atoms with Crippen LogP contribution in [0.25, 0.3) is 0 Å². The van der Waals surface area contributed by atoms with Crippen molar-refractivity contribution in [2.24, 2.45) is 4.99 Å². The molecule has 1 saturated heterocycles. The summed E-state index contributed by atoms with van der Waals surface area (Å²) in [6.07, 6.45) is -0.648. The van der Waals surface area contributed by atoms with Gasteiger partial charge in [0.25, 0.3) is 0 Å². The first-order valence-electron chi connectivity index (χ1n) is 10.6. The summed E-state index contributed by atoms with van der Waals surface area (Å²) in [5.41, 5.74) is 1.30. The molecule has 9 nitrogen and oxygen atoms in total. The number of aliphatic imine (C=N–C) groups is 1. The van der Waals surface area contributed by atoms with Crippen molar-refractivity contribution in [1.29, 1.82) is 0 Å². The van der Waals surface area contributed by atoms with Gasteiger partial charge in [-0.25, -0.2) is 9.59 Å². The summed E-state index contributed by atoms with van der Waals surface area (Å²) in [6.45, 7) is 14.8. The Hall–Kier alpha value is -3.10. The molecule has 1 aliphatic rings. The normalized spacial score (nSPS) is 15.3. The SMILES string of the molecule is Cc1cc(C=O)ccc1N1CCN(C(=NC(=O)OC(C)(C)C)NC(=O)OC(C)(C)C)CC1. The first-order chi connectivity index (χ1) is 14.8. The molecule has 1 N–H and O–H groups in total. The van der Waals surface area contributed by atoms with Gasteiger partial charge in [0.05, 0.1) is 0 Å². The second-order valence-electron chi connectivity index (χ2n) is 9.68. The Labute approximate surface area is 189 Å². The number of benzene rings is 1. The number of ether oxygens (including phenoxy) is 2. The number of anilines is 1. The molecule has 0 bridgehead atoms. The molecule has 0 saturated carbocycles. The number of hydrogen-bond acceptors (Lipinski definition) is 6. The molecule has 0 spiro atoms. The van der Waals surface area contributed by atoms with Gasteiger partial charge in [-0.1, -0.05) is 0 Å². The van der Waals surface area contributed by atoms with Crippen molar-refractivity contribution in [3.63, 3.8) is 0 Å². The average Bonchev–Trinajstić information content (AvgIpc) is 2.64. The molecule has 1 aromatic rings. The molecule has 0 aromatic heterocycles. The number of guanidine groups is 1. The Morgan fingerprint density at radius 3 is 2.09 bits per heavy atom. The van der Waals surface area contributed by atoms with Crippen molar-refractivity contribution in [2.75, 3.05) is 31.1 Å². The minimum atomic E-state index is -0.786. The molecule has 0 aliphatic carbocycles. The third-order valence-corrected chi connectivity index (χ3v) is 4.48. The lowest BCUT2D eigenvalue weighted by Gasteiger charge is -2.38. The van der Waals surface area contributed by atoms with E-state index in [1.54, 1.807) is 47.6 Å². The third kappa shape index (κ3) is 7.86. The predicted octanol–water partition coefficient (Wildman–Crippen LogP) is 3.75. The Kier molecular flexibility index (Phi) is 7.87. The highest BCUT2D eigenvalue weighted by molar-refractivity contribution is 5.99. The second kappa shape index (κ2) is 10.0. The molecule has 1 fully saturated rings. The van der Waals surface area contributed by atoms with Crippen LogP contribution in [0.4, 0.5) is 15.3 Å². The summed E-state index contributed by atoms with van der Waals surface area (Å²) in [7, 11) is 0. The molecule has 1 aromatic carbocycles. The number of hydrogen-bond donors (Lipinski definition) is 1. The highest BCUT2D eigenvalue weighted by atomic mass is 16.6. The summed E-state index contributed by atoms with van der Waals surface area (Å²) >= 11 is 0. The van der Waals surface area contributed by atoms with Gasteiger partial charge in [-0.15, -0.1) is 4.99 Å². The van der Waals surface area contributed by atoms with Crippen LogP contribution in [-0.4, -0.2) is 66.7 Å². The molecule has 1 heterocycles. The Morgan fingerprint density at radius 2 is 1.59 bits per heavy atom. The summed E-state index contributed by atoms with van der Waals surface area (Å²) in [6, 6.07) is 5.58. The summed E-state index contributed by atoms with van der Waals surface area (Å²) in [5.74, 6) is 0.0983. The molecule has 9 heteroatoms. The monoisotopic (exact) mass is 446 g/mol. The van der Waals surface area contributed by atoms with Gasteiger partial charge in [-0.3, -0.25) is 10.1 Å². The van der Waals surface area contributed by atoms with Crippen LogP contribution in [0.2, 0.25) is 0 Å². The van der Waals surface area contributed by atoms with Gasteiger partial charge in [0.15, 0.2) is 0 Å². The minimum Gasteiger partial charge on any atom is -0.444 e. The predicted molar refractivity (Wildman–Crippen MR) is 123 cm³/mol. The van der Waals surface area contributed by atoms with Crippen molar-refractivity contribution < 1.29 is 23.9 Å². The molecule has 0 unspecified atom stereocenters. The number of carbonyl (C=O) groups excluding carboxylic acids is 3. The van der Waals surface area contributed by atoms with E-state index in [2.05, 4.69) is 15.2 Å². The van der Waals surface area contributed by atoms with Gasteiger partial charge in [0, 0.05) is 37.4 Å². The zero-order valence-corrected chi connectivity index (χ0v) is 20.0. The smallest absolute Gasteiger partial charge is 0.437 e. The first kappa shape index (κ1) is 25.2. The molecule has 2 amide bonds. The first-order valence-corrected chi connectivity index (χ1v) is 10.6. The lowest BCUT2D eigenvalue weighted by atomic mass is 10.1. The molecule has 0 atom stereocenters. The van der Waals surface area contributed by atoms with Crippen molar-refractivity contribution in [3.8, 4) is 0 Å². The molecule has 2 rings (SSSR count). The zero-order chi connectivity index (χ0) is 24.1. The topological polar surface area (TPSA) is 101 Å². The van der Waals surface area contributed by atoms with Gasteiger partial charge >= 0.3 is 12.2 Å². The highest BCUT2D eigenvalue weighted by Crippen LogP contribution is 2.22. The van der Waals surface area contributed by atoms with Crippen molar-refractivity contribution in [3.05, 3.63) is 29.3 Å². The fourth-order valence-electron chi connectivity index (χ4n) is 3.21. The number of alkyl carbamates (subject to hydrolysis) is 1. The number of carbonyl (C=O) groups is 3. The highest BCUT2D eigenvalue weighted by Gasteiger charge is 2.26. The minimum absolute atomic E-state index is 0.0983. The Bertz CT molecular complexity index is 875. The molecule has 176 valence electrons. The molecule has 1 aliphatic heterocycles. The maximum absolute atomic E-state index is 12.3. The number of piperazine rings is 1. The van der Waals surface area contributed by atoms with E-state index < -0.39 is 23.4 Å². The van der Waals surface area contributed by atoms with E-state index >= 15 is 0 Å².